The van der Waals surface area contributed by atoms with Crippen LogP contribution in [0.25, 0.3) is 6.08 Å². The van der Waals surface area contributed by atoms with E-state index in [4.69, 9.17) is 4.74 Å². The molecule has 0 aliphatic carbocycles. The molecule has 142 valence electrons. The quantitative estimate of drug-likeness (QED) is 0.402. The average Bonchev–Trinajstić information content (AvgIpc) is 2.55. The Morgan fingerprint density at radius 2 is 1.50 bits per heavy atom. The molecule has 0 unspecified atom stereocenters. The monoisotopic (exact) mass is 422 g/mol. The van der Waals surface area contributed by atoms with Crippen LogP contribution in [0.2, 0.25) is 0 Å². The third-order valence-corrected chi connectivity index (χ3v) is 8.24. The number of hydrogen-bond donors (Lipinski definition) is 0. The summed E-state index contributed by atoms with van der Waals surface area (Å²) >= 11 is 0.294. The minimum absolute atomic E-state index is 0.0815. The standard InChI is InChI=1S/C22H30O3Se/c1-8-9-10-25-20-15(18(23)19(20)24)11-14-12-16(21(2,3)4)26-17(13-14)22(5,6)7/h11-13H,8-10H2,1-7H3. The van der Waals surface area contributed by atoms with E-state index in [1.54, 1.807) is 0 Å². The molecule has 0 spiro atoms. The average molecular weight is 421 g/mol. The summed E-state index contributed by atoms with van der Waals surface area (Å²) in [7, 11) is 0. The van der Waals surface area contributed by atoms with Gasteiger partial charge < -0.3 is 0 Å². The zero-order valence-corrected chi connectivity index (χ0v) is 18.7. The second-order valence-corrected chi connectivity index (χ2v) is 11.1. The van der Waals surface area contributed by atoms with Crippen molar-refractivity contribution in [2.24, 2.45) is 10.8 Å². The van der Waals surface area contributed by atoms with Gasteiger partial charge in [-0.1, -0.05) is 0 Å². The van der Waals surface area contributed by atoms with Crippen LogP contribution in [-0.2, 0) is 0 Å². The van der Waals surface area contributed by atoms with E-state index in [1.165, 1.54) is 8.94 Å². The molecule has 1 aliphatic heterocycles. The summed E-state index contributed by atoms with van der Waals surface area (Å²) in [5.74, 6) is 0.239. The second kappa shape index (κ2) is 7.70. The first-order valence-electron chi connectivity index (χ1n) is 9.25. The van der Waals surface area contributed by atoms with Crippen molar-refractivity contribution in [2.45, 2.75) is 61.3 Å². The summed E-state index contributed by atoms with van der Waals surface area (Å²) in [6.07, 6.45) is 8.06. The minimum atomic E-state index is -0.493. The molecular weight excluding hydrogens is 391 g/mol. The van der Waals surface area contributed by atoms with E-state index in [1.807, 2.05) is 6.08 Å². The van der Waals surface area contributed by atoms with Crippen LogP contribution in [0.4, 0.5) is 0 Å². The SMILES string of the molecule is CCCCOc1c(C=C2C=C(C(C)(C)C)[Se]C(C(C)(C)C)=C2)c(=O)c1=O. The summed E-state index contributed by atoms with van der Waals surface area (Å²) in [6.45, 7) is 15.9. The molecule has 1 aromatic rings. The molecule has 0 radical (unpaired) electrons. The summed E-state index contributed by atoms with van der Waals surface area (Å²) in [5.41, 5.74) is 0.644. The van der Waals surface area contributed by atoms with Crippen molar-refractivity contribution in [1.82, 2.24) is 0 Å². The van der Waals surface area contributed by atoms with Crippen molar-refractivity contribution in [1.29, 1.82) is 0 Å². The fourth-order valence-electron chi connectivity index (χ4n) is 2.49. The zero-order valence-electron chi connectivity index (χ0n) is 17.0. The first-order chi connectivity index (χ1) is 11.9. The van der Waals surface area contributed by atoms with Gasteiger partial charge in [0.15, 0.2) is 0 Å². The molecule has 3 nitrogen and oxygen atoms in total. The van der Waals surface area contributed by atoms with Crippen LogP contribution in [0.3, 0.4) is 0 Å². The molecule has 26 heavy (non-hydrogen) atoms. The number of rotatable bonds is 5. The van der Waals surface area contributed by atoms with Crippen molar-refractivity contribution in [2.75, 3.05) is 6.61 Å². The summed E-state index contributed by atoms with van der Waals surface area (Å²) in [6, 6.07) is 0. The van der Waals surface area contributed by atoms with Crippen molar-refractivity contribution < 1.29 is 4.74 Å². The number of unbranched alkanes of at least 4 members (excludes halogenated alkanes) is 1. The number of allylic oxidation sites excluding steroid dienone is 5. The fourth-order valence-corrected chi connectivity index (χ4v) is 5.09. The van der Waals surface area contributed by atoms with Crippen molar-refractivity contribution in [3.63, 3.8) is 0 Å². The summed E-state index contributed by atoms with van der Waals surface area (Å²) in [5, 5.41) is 0. The van der Waals surface area contributed by atoms with Gasteiger partial charge in [0, 0.05) is 0 Å². The Morgan fingerprint density at radius 3 is 1.96 bits per heavy atom. The van der Waals surface area contributed by atoms with Crippen LogP contribution in [-0.4, -0.2) is 21.6 Å². The maximum atomic E-state index is 12.1. The van der Waals surface area contributed by atoms with E-state index in [-0.39, 0.29) is 16.6 Å². The van der Waals surface area contributed by atoms with E-state index in [2.05, 4.69) is 60.6 Å². The van der Waals surface area contributed by atoms with Crippen molar-refractivity contribution in [3.8, 4) is 5.75 Å². The van der Waals surface area contributed by atoms with Crippen molar-refractivity contribution >= 4 is 21.0 Å². The van der Waals surface area contributed by atoms with Crippen LogP contribution in [0.5, 0.6) is 5.75 Å². The molecule has 4 heteroatoms. The van der Waals surface area contributed by atoms with Crippen LogP contribution in [0.15, 0.2) is 36.3 Å². The summed E-state index contributed by atoms with van der Waals surface area (Å²) in [4.78, 5) is 23.9. The molecular formula is C22H30O3Se. The first kappa shape index (κ1) is 20.9. The maximum absolute atomic E-state index is 12.1. The molecule has 0 aromatic heterocycles. The van der Waals surface area contributed by atoms with Crippen LogP contribution in [0.1, 0.15) is 66.9 Å². The topological polar surface area (TPSA) is 43.4 Å². The van der Waals surface area contributed by atoms with E-state index in [0.29, 0.717) is 27.1 Å². The number of ether oxygens (including phenoxy) is 1. The Bertz CT molecular complexity index is 800. The van der Waals surface area contributed by atoms with E-state index in [9.17, 15) is 9.59 Å². The normalized spacial score (nSPS) is 15.7. The van der Waals surface area contributed by atoms with Gasteiger partial charge in [0.2, 0.25) is 0 Å². The predicted molar refractivity (Wildman–Crippen MR) is 111 cm³/mol. The van der Waals surface area contributed by atoms with Gasteiger partial charge in [-0.2, -0.15) is 0 Å². The molecule has 0 fully saturated rings. The Balaban J connectivity index is 2.44. The van der Waals surface area contributed by atoms with Crippen molar-refractivity contribution in [3.05, 3.63) is 52.7 Å². The predicted octanol–water partition coefficient (Wildman–Crippen LogP) is 4.42. The van der Waals surface area contributed by atoms with E-state index < -0.39 is 10.9 Å². The zero-order chi connectivity index (χ0) is 19.7. The molecule has 1 aliphatic rings. The molecule has 0 amide bonds. The van der Waals surface area contributed by atoms with E-state index >= 15 is 0 Å². The second-order valence-electron chi connectivity index (χ2n) is 8.87. The Hall–Kier alpha value is -1.38. The molecule has 0 atom stereocenters. The van der Waals surface area contributed by atoms with Gasteiger partial charge in [-0.05, 0) is 0 Å². The van der Waals surface area contributed by atoms with Gasteiger partial charge in [-0.25, -0.2) is 0 Å². The Labute approximate surface area is 163 Å². The molecule has 2 rings (SSSR count). The van der Waals surface area contributed by atoms with E-state index in [0.717, 1.165) is 18.4 Å². The van der Waals surface area contributed by atoms with Gasteiger partial charge in [0.25, 0.3) is 0 Å². The van der Waals surface area contributed by atoms with Gasteiger partial charge in [-0.3, -0.25) is 0 Å². The third-order valence-electron chi connectivity index (χ3n) is 4.25. The van der Waals surface area contributed by atoms with Crippen LogP contribution in [0, 0.1) is 10.8 Å². The molecule has 1 heterocycles. The fraction of sp³-hybridized carbons (Fsp3) is 0.545. The molecule has 0 saturated heterocycles. The summed E-state index contributed by atoms with van der Waals surface area (Å²) < 4.78 is 8.37. The Morgan fingerprint density at radius 1 is 0.962 bits per heavy atom. The van der Waals surface area contributed by atoms with Gasteiger partial charge >= 0.3 is 163 Å². The van der Waals surface area contributed by atoms with Gasteiger partial charge in [-0.15, -0.1) is 0 Å². The third kappa shape index (κ3) is 4.66. The van der Waals surface area contributed by atoms with Crippen LogP contribution >= 0.6 is 0 Å². The molecule has 1 aromatic carbocycles. The molecule has 0 saturated carbocycles. The van der Waals surface area contributed by atoms with Crippen LogP contribution < -0.4 is 15.6 Å². The Kier molecular flexibility index (Phi) is 6.20. The van der Waals surface area contributed by atoms with Gasteiger partial charge in [0.05, 0.1) is 0 Å². The van der Waals surface area contributed by atoms with Gasteiger partial charge in [0.1, 0.15) is 0 Å². The first-order valence-corrected chi connectivity index (χ1v) is 11.0. The molecule has 0 N–H and O–H groups in total. The number of hydrogen-bond acceptors (Lipinski definition) is 3. The molecule has 0 bridgehead atoms.